The lowest BCUT2D eigenvalue weighted by Gasteiger charge is -2.34. The Morgan fingerprint density at radius 3 is 2.53 bits per heavy atom. The Labute approximate surface area is 181 Å². The largest absolute Gasteiger partial charge is 0.346 e. The van der Waals surface area contributed by atoms with Gasteiger partial charge in [-0.05, 0) is 58.2 Å². The predicted molar refractivity (Wildman–Crippen MR) is 118 cm³/mol. The van der Waals surface area contributed by atoms with E-state index in [0.717, 1.165) is 66.1 Å². The van der Waals surface area contributed by atoms with Crippen molar-refractivity contribution in [2.24, 2.45) is 0 Å². The molecule has 2 saturated heterocycles. The molecule has 2 aromatic heterocycles. The van der Waals surface area contributed by atoms with E-state index in [1.54, 1.807) is 0 Å². The third kappa shape index (κ3) is 3.76. The first-order valence-electron chi connectivity index (χ1n) is 10.9. The predicted octanol–water partition coefficient (Wildman–Crippen LogP) is 2.57. The van der Waals surface area contributed by atoms with Crippen molar-refractivity contribution in [3.63, 3.8) is 0 Å². The summed E-state index contributed by atoms with van der Waals surface area (Å²) in [5.74, 6) is 1.32. The molecule has 7 nitrogen and oxygen atoms in total. The molecule has 2 aromatic rings. The van der Waals surface area contributed by atoms with Gasteiger partial charge >= 0.3 is 0 Å². The molecule has 30 heavy (non-hydrogen) atoms. The van der Waals surface area contributed by atoms with Gasteiger partial charge in [-0.15, -0.1) is 11.3 Å². The number of piperidine rings is 1. The smallest absolute Gasteiger partial charge is 0.262 e. The van der Waals surface area contributed by atoms with Crippen molar-refractivity contribution in [2.45, 2.75) is 64.0 Å². The summed E-state index contributed by atoms with van der Waals surface area (Å²) in [4.78, 5) is 26.3. The molecule has 0 spiro atoms. The SMILES string of the molecule is Cc1nc(C2CC2)nc2sc(C(=O)N[C@H]3CS(=O)(=O)C[C@H]3N3CCCCC3)c(C)c12. The topological polar surface area (TPSA) is 92.3 Å². The van der Waals surface area contributed by atoms with Crippen LogP contribution in [0.1, 0.15) is 64.8 Å². The zero-order valence-corrected chi connectivity index (χ0v) is 19.1. The molecule has 9 heteroatoms. The first-order valence-corrected chi connectivity index (χ1v) is 13.5. The van der Waals surface area contributed by atoms with E-state index in [-0.39, 0.29) is 29.5 Å². The lowest BCUT2D eigenvalue weighted by Crippen LogP contribution is -2.52. The van der Waals surface area contributed by atoms with E-state index in [0.29, 0.717) is 10.8 Å². The maximum atomic E-state index is 13.2. The van der Waals surface area contributed by atoms with E-state index < -0.39 is 9.84 Å². The Morgan fingerprint density at radius 2 is 1.83 bits per heavy atom. The second-order valence-electron chi connectivity index (χ2n) is 9.00. The molecule has 2 aliphatic heterocycles. The number of amides is 1. The van der Waals surface area contributed by atoms with Gasteiger partial charge in [-0.25, -0.2) is 18.4 Å². The number of rotatable bonds is 4. The lowest BCUT2D eigenvalue weighted by molar-refractivity contribution is 0.0903. The van der Waals surface area contributed by atoms with E-state index in [4.69, 9.17) is 4.98 Å². The highest BCUT2D eigenvalue weighted by Crippen LogP contribution is 2.40. The summed E-state index contributed by atoms with van der Waals surface area (Å²) in [5, 5.41) is 4.03. The monoisotopic (exact) mass is 448 g/mol. The fourth-order valence-corrected chi connectivity index (χ4v) is 8.01. The summed E-state index contributed by atoms with van der Waals surface area (Å²) in [6.45, 7) is 5.74. The molecule has 1 amide bonds. The van der Waals surface area contributed by atoms with Gasteiger partial charge < -0.3 is 5.32 Å². The number of sulfone groups is 1. The zero-order valence-electron chi connectivity index (χ0n) is 17.5. The number of thiophene rings is 1. The van der Waals surface area contributed by atoms with Crippen LogP contribution in [0.3, 0.4) is 0 Å². The van der Waals surface area contributed by atoms with Crippen molar-refractivity contribution >= 4 is 37.3 Å². The quantitative estimate of drug-likeness (QED) is 0.773. The molecule has 1 saturated carbocycles. The van der Waals surface area contributed by atoms with E-state index in [9.17, 15) is 13.2 Å². The molecular weight excluding hydrogens is 420 g/mol. The van der Waals surface area contributed by atoms with Gasteiger partial charge in [0.05, 0.1) is 28.1 Å². The van der Waals surface area contributed by atoms with Crippen LogP contribution in [0, 0.1) is 13.8 Å². The number of carbonyl (C=O) groups excluding carboxylic acids is 1. The highest BCUT2D eigenvalue weighted by molar-refractivity contribution is 7.91. The molecule has 2 atom stereocenters. The van der Waals surface area contributed by atoms with Crippen LogP contribution in [-0.4, -0.2) is 65.9 Å². The lowest BCUT2D eigenvalue weighted by atomic mass is 10.0. The molecule has 0 unspecified atom stereocenters. The number of likely N-dealkylation sites (tertiary alicyclic amines) is 1. The second kappa shape index (κ2) is 7.53. The number of aryl methyl sites for hydroxylation is 2. The van der Waals surface area contributed by atoms with Crippen LogP contribution >= 0.6 is 11.3 Å². The zero-order chi connectivity index (χ0) is 21.0. The molecule has 4 heterocycles. The van der Waals surface area contributed by atoms with Crippen molar-refractivity contribution < 1.29 is 13.2 Å². The van der Waals surface area contributed by atoms with Gasteiger partial charge in [-0.2, -0.15) is 0 Å². The molecule has 1 aliphatic carbocycles. The number of nitrogens with one attached hydrogen (secondary N) is 1. The normalized spacial score (nSPS) is 26.9. The van der Waals surface area contributed by atoms with Crippen molar-refractivity contribution in [3.8, 4) is 0 Å². The summed E-state index contributed by atoms with van der Waals surface area (Å²) < 4.78 is 24.8. The van der Waals surface area contributed by atoms with E-state index in [1.807, 2.05) is 13.8 Å². The minimum atomic E-state index is -3.15. The van der Waals surface area contributed by atoms with Gasteiger partial charge in [0, 0.05) is 17.3 Å². The molecule has 1 N–H and O–H groups in total. The van der Waals surface area contributed by atoms with Crippen LogP contribution in [0.5, 0.6) is 0 Å². The van der Waals surface area contributed by atoms with Crippen molar-refractivity contribution in [1.82, 2.24) is 20.2 Å². The van der Waals surface area contributed by atoms with Crippen LogP contribution in [0.25, 0.3) is 10.2 Å². The standard InChI is InChI=1S/C21H28N4O3S2/c1-12-17-13(2)22-19(14-6-7-14)24-21(17)29-18(12)20(26)23-15-10-30(27,28)11-16(15)25-8-4-3-5-9-25/h14-16H,3-11H2,1-2H3,(H,23,26)/t15-,16+/m0/s1. The third-order valence-corrected chi connectivity index (χ3v) is 9.54. The first kappa shape index (κ1) is 20.3. The van der Waals surface area contributed by atoms with E-state index in [1.165, 1.54) is 17.8 Å². The van der Waals surface area contributed by atoms with Crippen LogP contribution in [0.15, 0.2) is 0 Å². The third-order valence-electron chi connectivity index (χ3n) is 6.64. The average Bonchev–Trinajstić information content (AvgIpc) is 3.43. The Bertz CT molecular complexity index is 1100. The van der Waals surface area contributed by atoms with Gasteiger partial charge in [0.25, 0.3) is 5.91 Å². The highest BCUT2D eigenvalue weighted by atomic mass is 32.2. The van der Waals surface area contributed by atoms with Crippen molar-refractivity contribution in [3.05, 3.63) is 22.0 Å². The summed E-state index contributed by atoms with van der Waals surface area (Å²) >= 11 is 1.40. The number of fused-ring (bicyclic) bond motifs is 1. The van der Waals surface area contributed by atoms with Gasteiger partial charge in [0.1, 0.15) is 10.7 Å². The minimum Gasteiger partial charge on any atom is -0.346 e. The maximum Gasteiger partial charge on any atom is 0.262 e. The van der Waals surface area contributed by atoms with Crippen LogP contribution < -0.4 is 5.32 Å². The van der Waals surface area contributed by atoms with E-state index >= 15 is 0 Å². The molecule has 162 valence electrons. The summed E-state index contributed by atoms with van der Waals surface area (Å²) in [6.07, 6.45) is 5.65. The number of nitrogens with zero attached hydrogens (tertiary/aromatic N) is 3. The molecule has 5 rings (SSSR count). The summed E-state index contributed by atoms with van der Waals surface area (Å²) in [6, 6.07) is -0.489. The Kier molecular flexibility index (Phi) is 5.10. The Balaban J connectivity index is 1.42. The summed E-state index contributed by atoms with van der Waals surface area (Å²) in [7, 11) is -3.15. The van der Waals surface area contributed by atoms with Crippen molar-refractivity contribution in [2.75, 3.05) is 24.6 Å². The maximum absolute atomic E-state index is 13.2. The van der Waals surface area contributed by atoms with Gasteiger partial charge in [0.15, 0.2) is 9.84 Å². The number of carbonyl (C=O) groups is 1. The second-order valence-corrected chi connectivity index (χ2v) is 12.2. The highest BCUT2D eigenvalue weighted by Gasteiger charge is 2.42. The molecule has 3 aliphatic rings. The fraction of sp³-hybridized carbons (Fsp3) is 0.667. The van der Waals surface area contributed by atoms with Gasteiger partial charge in [-0.3, -0.25) is 9.69 Å². The molecule has 0 bridgehead atoms. The Morgan fingerprint density at radius 1 is 1.10 bits per heavy atom. The van der Waals surface area contributed by atoms with Gasteiger partial charge in [0.2, 0.25) is 0 Å². The average molecular weight is 449 g/mol. The number of hydrogen-bond donors (Lipinski definition) is 1. The van der Waals surface area contributed by atoms with Gasteiger partial charge in [-0.1, -0.05) is 6.42 Å². The van der Waals surface area contributed by atoms with Crippen LogP contribution in [0.4, 0.5) is 0 Å². The number of hydrogen-bond acceptors (Lipinski definition) is 7. The summed E-state index contributed by atoms with van der Waals surface area (Å²) in [5.41, 5.74) is 1.81. The van der Waals surface area contributed by atoms with Crippen LogP contribution in [-0.2, 0) is 9.84 Å². The van der Waals surface area contributed by atoms with Crippen LogP contribution in [0.2, 0.25) is 0 Å². The van der Waals surface area contributed by atoms with E-state index in [2.05, 4.69) is 15.2 Å². The first-order chi connectivity index (χ1) is 14.3. The molecule has 0 radical (unpaired) electrons. The molecule has 3 fully saturated rings. The minimum absolute atomic E-state index is 0.0223. The fourth-order valence-electron chi connectivity index (χ4n) is 4.91. The molecular formula is C21H28N4O3S2. The Hall–Kier alpha value is -1.58. The molecule has 0 aromatic carbocycles. The van der Waals surface area contributed by atoms with Crippen molar-refractivity contribution in [1.29, 1.82) is 0 Å². The number of aromatic nitrogens is 2.